The fourth-order valence-corrected chi connectivity index (χ4v) is 1.83. The first-order valence-electron chi connectivity index (χ1n) is 8.08. The maximum absolute atomic E-state index is 8.74. The molecule has 0 fully saturated rings. The number of unbranched alkanes of at least 4 members (excludes halogenated alkanes) is 7. The van der Waals surface area contributed by atoms with Crippen molar-refractivity contribution >= 4 is 10.4 Å². The van der Waals surface area contributed by atoms with Gasteiger partial charge in [-0.05, 0) is 20.3 Å². The predicted octanol–water partition coefficient (Wildman–Crippen LogP) is 3.68. The lowest BCUT2D eigenvalue weighted by atomic mass is 10.1. The minimum Gasteiger partial charge on any atom is -0.274 e. The van der Waals surface area contributed by atoms with Crippen LogP contribution in [0.2, 0.25) is 0 Å². The highest BCUT2D eigenvalue weighted by Crippen LogP contribution is 2.09. The molecule has 0 aliphatic carbocycles. The summed E-state index contributed by atoms with van der Waals surface area (Å²) in [6.07, 6.45) is 10.7. The molecule has 0 amide bonds. The van der Waals surface area contributed by atoms with Gasteiger partial charge in [-0.15, -0.1) is 0 Å². The average molecular weight is 343 g/mol. The summed E-state index contributed by atoms with van der Waals surface area (Å²) in [6.45, 7) is 8.47. The lowest BCUT2D eigenvalue weighted by Crippen LogP contribution is -2.25. The van der Waals surface area contributed by atoms with E-state index in [-0.39, 0.29) is 0 Å². The third-order valence-electron chi connectivity index (χ3n) is 2.74. The summed E-state index contributed by atoms with van der Waals surface area (Å²) in [5.74, 6) is 0. The lowest BCUT2D eigenvalue weighted by molar-refractivity contribution is -0.364. The van der Waals surface area contributed by atoms with Crippen LogP contribution in [-0.2, 0) is 20.1 Å². The van der Waals surface area contributed by atoms with Gasteiger partial charge in [0.05, 0.1) is 19.8 Å². The molecule has 0 bridgehead atoms. The van der Waals surface area contributed by atoms with Crippen LogP contribution >= 0.6 is 0 Å². The van der Waals surface area contributed by atoms with Crippen molar-refractivity contribution in [2.75, 3.05) is 19.8 Å². The van der Waals surface area contributed by atoms with E-state index in [1.54, 1.807) is 5.23 Å². The molecule has 0 aromatic carbocycles. The number of hydroxylamine groups is 2. The minimum absolute atomic E-state index is 0.678. The summed E-state index contributed by atoms with van der Waals surface area (Å²) in [7, 11) is -4.67. The third kappa shape index (κ3) is 28.0. The third-order valence-corrected chi connectivity index (χ3v) is 2.74. The molecule has 8 heteroatoms. The minimum atomic E-state index is -4.67. The SMILES string of the molecule is CCCCCCCCCCN(OCC)OCC.O=S(=O)(O)O. The Bertz CT molecular complexity index is 296. The van der Waals surface area contributed by atoms with E-state index < -0.39 is 10.4 Å². The van der Waals surface area contributed by atoms with E-state index in [9.17, 15) is 0 Å². The van der Waals surface area contributed by atoms with Crippen LogP contribution in [0.4, 0.5) is 0 Å². The van der Waals surface area contributed by atoms with Gasteiger partial charge in [0.1, 0.15) is 0 Å². The molecule has 22 heavy (non-hydrogen) atoms. The average Bonchev–Trinajstić information content (AvgIpc) is 2.40. The predicted molar refractivity (Wildman–Crippen MR) is 86.7 cm³/mol. The van der Waals surface area contributed by atoms with Crippen molar-refractivity contribution in [3.63, 3.8) is 0 Å². The van der Waals surface area contributed by atoms with Gasteiger partial charge in [-0.1, -0.05) is 57.1 Å². The molecule has 0 unspecified atom stereocenters. The van der Waals surface area contributed by atoms with Crippen LogP contribution in [-0.4, -0.2) is 42.5 Å². The Balaban J connectivity index is 0. The van der Waals surface area contributed by atoms with Gasteiger partial charge < -0.3 is 0 Å². The summed E-state index contributed by atoms with van der Waals surface area (Å²) in [6, 6.07) is 0. The van der Waals surface area contributed by atoms with Crippen LogP contribution in [0.15, 0.2) is 0 Å². The molecule has 0 heterocycles. The van der Waals surface area contributed by atoms with Crippen LogP contribution in [0.25, 0.3) is 0 Å². The Labute approximate surface area is 135 Å². The van der Waals surface area contributed by atoms with Crippen LogP contribution in [0.1, 0.15) is 72.1 Å². The zero-order valence-electron chi connectivity index (χ0n) is 14.2. The molecule has 0 aromatic heterocycles. The highest BCUT2D eigenvalue weighted by molar-refractivity contribution is 7.79. The summed E-state index contributed by atoms with van der Waals surface area (Å²) in [5, 5.41) is 1.64. The zero-order valence-corrected chi connectivity index (χ0v) is 15.0. The molecule has 0 aliphatic rings. The highest BCUT2D eigenvalue weighted by atomic mass is 32.3. The maximum atomic E-state index is 8.74. The van der Waals surface area contributed by atoms with Crippen molar-refractivity contribution in [1.82, 2.24) is 5.23 Å². The fraction of sp³-hybridized carbons (Fsp3) is 1.00. The number of hydrogen-bond acceptors (Lipinski definition) is 5. The zero-order chi connectivity index (χ0) is 17.3. The van der Waals surface area contributed by atoms with E-state index in [0.29, 0.717) is 13.2 Å². The van der Waals surface area contributed by atoms with Crippen molar-refractivity contribution in [1.29, 1.82) is 0 Å². The molecule has 0 saturated heterocycles. The first kappa shape index (κ1) is 24.0. The fourth-order valence-electron chi connectivity index (χ4n) is 1.83. The monoisotopic (exact) mass is 343 g/mol. The van der Waals surface area contributed by atoms with Crippen molar-refractivity contribution in [3.8, 4) is 0 Å². The summed E-state index contributed by atoms with van der Waals surface area (Å²) < 4.78 is 31.6. The molecule has 136 valence electrons. The van der Waals surface area contributed by atoms with Crippen molar-refractivity contribution in [3.05, 3.63) is 0 Å². The Kier molecular flexibility index (Phi) is 18.7. The molecule has 2 N–H and O–H groups in total. The summed E-state index contributed by atoms with van der Waals surface area (Å²) in [5.41, 5.74) is 0. The Morgan fingerprint density at radius 2 is 1.14 bits per heavy atom. The van der Waals surface area contributed by atoms with Crippen molar-refractivity contribution < 1.29 is 27.2 Å². The number of nitrogens with zero attached hydrogens (tertiary/aromatic N) is 1. The van der Waals surface area contributed by atoms with Crippen molar-refractivity contribution in [2.45, 2.75) is 72.1 Å². The van der Waals surface area contributed by atoms with Gasteiger partial charge in [-0.2, -0.15) is 8.42 Å². The Morgan fingerprint density at radius 1 is 0.773 bits per heavy atom. The van der Waals surface area contributed by atoms with E-state index in [4.69, 9.17) is 27.2 Å². The smallest absolute Gasteiger partial charge is 0.274 e. The Morgan fingerprint density at radius 3 is 1.50 bits per heavy atom. The second kappa shape index (κ2) is 17.1. The molecule has 0 spiro atoms. The van der Waals surface area contributed by atoms with Crippen molar-refractivity contribution in [2.24, 2.45) is 0 Å². The van der Waals surface area contributed by atoms with Crippen LogP contribution in [0, 0.1) is 0 Å². The second-order valence-corrected chi connectivity index (χ2v) is 5.71. The molecular weight excluding hydrogens is 310 g/mol. The van der Waals surface area contributed by atoms with E-state index in [1.807, 2.05) is 13.8 Å². The van der Waals surface area contributed by atoms with Gasteiger partial charge >= 0.3 is 10.4 Å². The topological polar surface area (TPSA) is 96.3 Å². The van der Waals surface area contributed by atoms with E-state index in [2.05, 4.69) is 6.92 Å². The van der Waals surface area contributed by atoms with Crippen LogP contribution < -0.4 is 0 Å². The summed E-state index contributed by atoms with van der Waals surface area (Å²) in [4.78, 5) is 10.7. The quantitative estimate of drug-likeness (QED) is 0.299. The highest BCUT2D eigenvalue weighted by Gasteiger charge is 2.03. The maximum Gasteiger partial charge on any atom is 0.394 e. The molecule has 0 aliphatic heterocycles. The molecule has 0 saturated carbocycles. The first-order valence-corrected chi connectivity index (χ1v) is 9.48. The molecule has 7 nitrogen and oxygen atoms in total. The van der Waals surface area contributed by atoms with E-state index >= 15 is 0 Å². The van der Waals surface area contributed by atoms with E-state index in [0.717, 1.165) is 13.0 Å². The normalized spacial score (nSPS) is 11.4. The van der Waals surface area contributed by atoms with Crippen LogP contribution in [0.3, 0.4) is 0 Å². The van der Waals surface area contributed by atoms with Gasteiger partial charge in [0.25, 0.3) is 0 Å². The largest absolute Gasteiger partial charge is 0.394 e. The lowest BCUT2D eigenvalue weighted by Gasteiger charge is -2.19. The molecule has 0 radical (unpaired) electrons. The van der Waals surface area contributed by atoms with Gasteiger partial charge in [-0.25, -0.2) is 0 Å². The Hall–Kier alpha value is -0.250. The molecule has 0 aromatic rings. The van der Waals surface area contributed by atoms with Gasteiger partial charge in [0, 0.05) is 0 Å². The van der Waals surface area contributed by atoms with E-state index in [1.165, 1.54) is 44.9 Å². The molecule has 0 rings (SSSR count). The van der Waals surface area contributed by atoms with Gasteiger partial charge in [0.2, 0.25) is 0 Å². The molecular formula is C14H33NO6S. The standard InChI is InChI=1S/C14H31NO2.H2O4S/c1-4-7-8-9-10-11-12-13-14-15(16-5-2)17-6-3;1-5(2,3)4/h4-14H2,1-3H3;(H2,1,2,3,4). The van der Waals surface area contributed by atoms with Gasteiger partial charge in [-0.3, -0.25) is 18.8 Å². The van der Waals surface area contributed by atoms with Crippen LogP contribution in [0.5, 0.6) is 0 Å². The number of rotatable bonds is 13. The number of hydrogen-bond donors (Lipinski definition) is 2. The molecule has 0 atom stereocenters. The van der Waals surface area contributed by atoms with Gasteiger partial charge in [0.15, 0.2) is 0 Å². The summed E-state index contributed by atoms with van der Waals surface area (Å²) >= 11 is 0. The first-order chi connectivity index (χ1) is 10.3. The second-order valence-electron chi connectivity index (χ2n) is 4.81.